The first-order chi connectivity index (χ1) is 7.06. The maximum absolute atomic E-state index is 11.0. The molecule has 0 radical (unpaired) electrons. The van der Waals surface area contributed by atoms with Gasteiger partial charge < -0.3 is 20.4 Å². The SMILES string of the molecule is Cn1c([N+](=O)[O-])cnc1C=[N+]([O-])CCO. The van der Waals surface area contributed by atoms with Crippen molar-refractivity contribution >= 4 is 12.0 Å². The molecule has 15 heavy (non-hydrogen) atoms. The third kappa shape index (κ3) is 2.50. The molecule has 0 saturated carbocycles. The molecule has 1 N–H and O–H groups in total. The van der Waals surface area contributed by atoms with Crippen LogP contribution in [0, 0.1) is 15.3 Å². The number of nitro groups is 1. The van der Waals surface area contributed by atoms with Crippen molar-refractivity contribution in [2.45, 2.75) is 0 Å². The Labute approximate surface area is 84.8 Å². The summed E-state index contributed by atoms with van der Waals surface area (Å²) in [6.45, 7) is -0.382. The Hall–Kier alpha value is -1.96. The van der Waals surface area contributed by atoms with Crippen LogP contribution in [0.25, 0.3) is 0 Å². The summed E-state index contributed by atoms with van der Waals surface area (Å²) in [4.78, 5) is 13.6. The van der Waals surface area contributed by atoms with Crippen LogP contribution >= 0.6 is 0 Å². The van der Waals surface area contributed by atoms with Crippen LogP contribution in [0.15, 0.2) is 6.20 Å². The molecule has 1 aromatic heterocycles. The van der Waals surface area contributed by atoms with E-state index in [1.54, 1.807) is 0 Å². The van der Waals surface area contributed by atoms with Gasteiger partial charge in [0.2, 0.25) is 6.21 Å². The lowest BCUT2D eigenvalue weighted by Gasteiger charge is -1.99. The predicted octanol–water partition coefficient (Wildman–Crippen LogP) is -0.750. The number of aliphatic hydroxyl groups is 1. The Balaban J connectivity index is 2.97. The van der Waals surface area contributed by atoms with E-state index in [0.29, 0.717) is 4.74 Å². The quantitative estimate of drug-likeness (QED) is 0.233. The van der Waals surface area contributed by atoms with Gasteiger partial charge in [0, 0.05) is 0 Å². The molecule has 0 aliphatic rings. The summed E-state index contributed by atoms with van der Waals surface area (Å²) in [6, 6.07) is 0. The van der Waals surface area contributed by atoms with Gasteiger partial charge in [-0.05, 0) is 4.92 Å². The van der Waals surface area contributed by atoms with Gasteiger partial charge in [0.05, 0.1) is 7.05 Å². The molecule has 1 heterocycles. The molecule has 0 amide bonds. The highest BCUT2D eigenvalue weighted by atomic mass is 16.6. The number of aromatic nitrogens is 2. The minimum Gasteiger partial charge on any atom is -0.624 e. The van der Waals surface area contributed by atoms with Crippen molar-refractivity contribution in [2.75, 3.05) is 13.2 Å². The molecule has 8 heteroatoms. The molecule has 0 aliphatic heterocycles. The van der Waals surface area contributed by atoms with Crippen molar-refractivity contribution in [3.8, 4) is 0 Å². The summed E-state index contributed by atoms with van der Waals surface area (Å²) in [6.07, 6.45) is 2.15. The maximum Gasteiger partial charge on any atom is 0.343 e. The molecule has 0 atom stereocenters. The van der Waals surface area contributed by atoms with Crippen LogP contribution in [0.4, 0.5) is 5.82 Å². The number of imidazole rings is 1. The Morgan fingerprint density at radius 1 is 1.67 bits per heavy atom. The minimum atomic E-state index is -0.592. The van der Waals surface area contributed by atoms with Gasteiger partial charge in [0.15, 0.2) is 6.54 Å². The first-order valence-electron chi connectivity index (χ1n) is 4.12. The molecule has 0 aromatic carbocycles. The number of rotatable bonds is 4. The lowest BCUT2D eigenvalue weighted by Crippen LogP contribution is -2.13. The van der Waals surface area contributed by atoms with E-state index in [1.165, 1.54) is 11.6 Å². The van der Waals surface area contributed by atoms with Gasteiger partial charge in [-0.2, -0.15) is 0 Å². The largest absolute Gasteiger partial charge is 0.624 e. The van der Waals surface area contributed by atoms with Crippen molar-refractivity contribution < 1.29 is 14.8 Å². The van der Waals surface area contributed by atoms with Gasteiger partial charge in [-0.15, -0.1) is 0 Å². The van der Waals surface area contributed by atoms with Gasteiger partial charge in [0.1, 0.15) is 12.8 Å². The van der Waals surface area contributed by atoms with Crippen LogP contribution in [0.2, 0.25) is 0 Å². The number of hydrogen-bond donors (Lipinski definition) is 1. The van der Waals surface area contributed by atoms with Gasteiger partial charge in [-0.3, -0.25) is 0 Å². The fourth-order valence-electron chi connectivity index (χ4n) is 0.996. The standard InChI is InChI=1S/C7H10N4O4/c1-9-6(5-10(13)2-3-12)8-4-7(9)11(14)15/h4-5,12H,2-3H2,1H3. The monoisotopic (exact) mass is 214 g/mol. The normalized spacial score (nSPS) is 11.7. The smallest absolute Gasteiger partial charge is 0.343 e. The predicted molar refractivity (Wildman–Crippen MR) is 50.6 cm³/mol. The number of hydrogen-bond acceptors (Lipinski definition) is 5. The molecule has 0 saturated heterocycles. The zero-order chi connectivity index (χ0) is 11.4. The van der Waals surface area contributed by atoms with E-state index < -0.39 is 4.92 Å². The number of hydroxylamine groups is 1. The van der Waals surface area contributed by atoms with Crippen LogP contribution < -0.4 is 0 Å². The average Bonchev–Trinajstić information content (AvgIpc) is 2.48. The second kappa shape index (κ2) is 4.51. The van der Waals surface area contributed by atoms with E-state index in [0.717, 1.165) is 12.4 Å². The molecular weight excluding hydrogens is 204 g/mol. The zero-order valence-electron chi connectivity index (χ0n) is 8.03. The number of aliphatic hydroxyl groups excluding tert-OH is 1. The van der Waals surface area contributed by atoms with Gasteiger partial charge in [-0.1, -0.05) is 0 Å². The van der Waals surface area contributed by atoms with Crippen LogP contribution in [-0.2, 0) is 7.05 Å². The second-order valence-corrected chi connectivity index (χ2v) is 2.78. The maximum atomic E-state index is 11.0. The molecule has 1 aromatic rings. The Morgan fingerprint density at radius 3 is 2.80 bits per heavy atom. The highest BCUT2D eigenvalue weighted by molar-refractivity contribution is 5.71. The van der Waals surface area contributed by atoms with Crippen molar-refractivity contribution in [2.24, 2.45) is 7.05 Å². The summed E-state index contributed by atoms with van der Waals surface area (Å²) in [5, 5.41) is 29.9. The Kier molecular flexibility index (Phi) is 3.34. The van der Waals surface area contributed by atoms with Gasteiger partial charge >= 0.3 is 5.82 Å². The average molecular weight is 214 g/mol. The van der Waals surface area contributed by atoms with Gasteiger partial charge in [0.25, 0.3) is 5.82 Å². The van der Waals surface area contributed by atoms with E-state index in [4.69, 9.17) is 5.11 Å². The fraction of sp³-hybridized carbons (Fsp3) is 0.429. The third-order valence-electron chi connectivity index (χ3n) is 1.77. The topological polar surface area (TPSA) is 107 Å². The Morgan fingerprint density at radius 2 is 2.33 bits per heavy atom. The van der Waals surface area contributed by atoms with E-state index in [9.17, 15) is 15.3 Å². The van der Waals surface area contributed by atoms with Crippen LogP contribution in [-0.4, -0.2) is 43.7 Å². The number of nitrogens with zero attached hydrogens (tertiary/aromatic N) is 4. The van der Waals surface area contributed by atoms with Crippen molar-refractivity contribution in [3.63, 3.8) is 0 Å². The minimum absolute atomic E-state index is 0.0966. The van der Waals surface area contributed by atoms with Crippen molar-refractivity contribution in [1.82, 2.24) is 9.55 Å². The first kappa shape index (κ1) is 11.1. The summed E-state index contributed by atoms with van der Waals surface area (Å²) in [5.74, 6) is -0.0243. The van der Waals surface area contributed by atoms with Gasteiger partial charge in [-0.25, -0.2) is 14.3 Å². The molecule has 0 unspecified atom stereocenters. The molecule has 0 fully saturated rings. The lowest BCUT2D eigenvalue weighted by atomic mass is 10.6. The summed E-state index contributed by atoms with van der Waals surface area (Å²) < 4.78 is 1.65. The summed E-state index contributed by atoms with van der Waals surface area (Å²) in [5.41, 5.74) is 0. The van der Waals surface area contributed by atoms with E-state index in [2.05, 4.69) is 4.98 Å². The highest BCUT2D eigenvalue weighted by Gasteiger charge is 2.16. The lowest BCUT2D eigenvalue weighted by molar-refractivity contribution is -0.455. The van der Waals surface area contributed by atoms with Crippen LogP contribution in [0.1, 0.15) is 5.82 Å². The first-order valence-corrected chi connectivity index (χ1v) is 4.12. The molecular formula is C7H10N4O4. The zero-order valence-corrected chi connectivity index (χ0v) is 8.03. The summed E-state index contributed by atoms with van der Waals surface area (Å²) in [7, 11) is 1.43. The van der Waals surface area contributed by atoms with E-state index >= 15 is 0 Å². The summed E-state index contributed by atoms with van der Waals surface area (Å²) >= 11 is 0. The van der Waals surface area contributed by atoms with Crippen molar-refractivity contribution in [1.29, 1.82) is 0 Å². The molecule has 0 spiro atoms. The fourth-order valence-corrected chi connectivity index (χ4v) is 0.996. The Bertz CT molecular complexity index is 398. The van der Waals surface area contributed by atoms with Crippen LogP contribution in [0.5, 0.6) is 0 Å². The van der Waals surface area contributed by atoms with Crippen LogP contribution in [0.3, 0.4) is 0 Å². The molecule has 1 rings (SSSR count). The highest BCUT2D eigenvalue weighted by Crippen LogP contribution is 2.09. The molecule has 0 aliphatic carbocycles. The van der Waals surface area contributed by atoms with E-state index in [1.807, 2.05) is 0 Å². The molecule has 82 valence electrons. The molecule has 0 bridgehead atoms. The third-order valence-corrected chi connectivity index (χ3v) is 1.77. The van der Waals surface area contributed by atoms with E-state index in [-0.39, 0.29) is 24.8 Å². The molecule has 8 nitrogen and oxygen atoms in total. The second-order valence-electron chi connectivity index (χ2n) is 2.78. The van der Waals surface area contributed by atoms with Crippen molar-refractivity contribution in [3.05, 3.63) is 27.3 Å².